The molecule has 25 heavy (non-hydrogen) atoms. The summed E-state index contributed by atoms with van der Waals surface area (Å²) in [6.45, 7) is 3.51. The lowest BCUT2D eigenvalue weighted by Crippen LogP contribution is -2.33. The molecule has 1 amide bonds. The maximum atomic E-state index is 13.0. The summed E-state index contributed by atoms with van der Waals surface area (Å²) in [5.41, 5.74) is 3.85. The minimum Gasteiger partial charge on any atom is -0.340 e. The Morgan fingerprint density at radius 3 is 2.64 bits per heavy atom. The number of carbonyl (C=O) groups is 1. The molecule has 0 aliphatic heterocycles. The van der Waals surface area contributed by atoms with Crippen LogP contribution in [0.5, 0.6) is 0 Å². The van der Waals surface area contributed by atoms with E-state index in [9.17, 15) is 4.79 Å². The number of carbonyl (C=O) groups excluding carboxylic acids is 1. The summed E-state index contributed by atoms with van der Waals surface area (Å²) in [6, 6.07) is 5.99. The summed E-state index contributed by atoms with van der Waals surface area (Å²) in [6.07, 6.45) is 2.36. The van der Waals surface area contributed by atoms with Crippen molar-refractivity contribution in [2.45, 2.75) is 25.7 Å². The highest BCUT2D eigenvalue weighted by atomic mass is 79.9. The number of hydrogen-bond acceptors (Lipinski definition) is 3. The van der Waals surface area contributed by atoms with Crippen molar-refractivity contribution in [3.63, 3.8) is 0 Å². The maximum absolute atomic E-state index is 13.0. The molecule has 0 atom stereocenters. The zero-order chi connectivity index (χ0) is 16.6. The van der Waals surface area contributed by atoms with E-state index in [1.165, 1.54) is 12.8 Å². The van der Waals surface area contributed by atoms with Crippen LogP contribution in [-0.2, 0) is 0 Å². The first-order valence-corrected chi connectivity index (χ1v) is 8.82. The Labute approximate surface area is 169 Å². The number of pyridine rings is 1. The Kier molecular flexibility index (Phi) is 8.13. The summed E-state index contributed by atoms with van der Waals surface area (Å²) in [5, 5.41) is 4.02. The molecule has 2 aromatic rings. The molecule has 1 saturated carbocycles. The number of halogens is 3. The van der Waals surface area contributed by atoms with E-state index < -0.39 is 0 Å². The fraction of sp³-hybridized carbons (Fsp3) is 0.444. The van der Waals surface area contributed by atoms with E-state index in [1.54, 1.807) is 4.90 Å². The highest BCUT2D eigenvalue weighted by Gasteiger charge is 2.30. The van der Waals surface area contributed by atoms with E-state index in [0.29, 0.717) is 12.5 Å². The van der Waals surface area contributed by atoms with Crippen molar-refractivity contribution in [2.24, 2.45) is 0 Å². The Hall–Kier alpha value is -0.880. The van der Waals surface area contributed by atoms with E-state index in [1.807, 2.05) is 39.2 Å². The predicted molar refractivity (Wildman–Crippen MR) is 112 cm³/mol. The fourth-order valence-electron chi connectivity index (χ4n) is 2.95. The SMILES string of the molecule is CNCCN(C)C(=O)c1c(C)c(C2CC2)nc2ccc(Br)cc12.Cl.Cl. The van der Waals surface area contributed by atoms with Gasteiger partial charge in [0.2, 0.25) is 0 Å². The van der Waals surface area contributed by atoms with E-state index in [2.05, 4.69) is 21.2 Å². The van der Waals surface area contributed by atoms with Gasteiger partial charge in [-0.25, -0.2) is 0 Å². The van der Waals surface area contributed by atoms with Crippen LogP contribution in [0.15, 0.2) is 22.7 Å². The third-order valence-corrected chi connectivity index (χ3v) is 4.94. The van der Waals surface area contributed by atoms with Gasteiger partial charge in [-0.05, 0) is 50.6 Å². The van der Waals surface area contributed by atoms with Gasteiger partial charge in [0, 0.05) is 41.6 Å². The first kappa shape index (κ1) is 22.2. The van der Waals surface area contributed by atoms with Gasteiger partial charge in [0.25, 0.3) is 5.91 Å². The molecule has 4 nitrogen and oxygen atoms in total. The van der Waals surface area contributed by atoms with E-state index >= 15 is 0 Å². The first-order valence-electron chi connectivity index (χ1n) is 8.02. The van der Waals surface area contributed by atoms with Crippen LogP contribution in [0.4, 0.5) is 0 Å². The minimum atomic E-state index is 0. The van der Waals surface area contributed by atoms with Crippen LogP contribution < -0.4 is 5.32 Å². The number of nitrogens with zero attached hydrogens (tertiary/aromatic N) is 2. The molecule has 3 rings (SSSR count). The smallest absolute Gasteiger partial charge is 0.254 e. The lowest BCUT2D eigenvalue weighted by molar-refractivity contribution is 0.0798. The molecule has 1 aliphatic rings. The predicted octanol–water partition coefficient (Wildman–Crippen LogP) is 4.32. The van der Waals surface area contributed by atoms with Crippen LogP contribution in [0.3, 0.4) is 0 Å². The monoisotopic (exact) mass is 447 g/mol. The van der Waals surface area contributed by atoms with Crippen molar-refractivity contribution < 1.29 is 4.79 Å². The van der Waals surface area contributed by atoms with Crippen molar-refractivity contribution in [3.8, 4) is 0 Å². The molecule has 7 heteroatoms. The van der Waals surface area contributed by atoms with Gasteiger partial charge in [-0.15, -0.1) is 24.8 Å². The largest absolute Gasteiger partial charge is 0.340 e. The summed E-state index contributed by atoms with van der Waals surface area (Å²) in [5.74, 6) is 0.599. The van der Waals surface area contributed by atoms with Crippen LogP contribution in [0, 0.1) is 6.92 Å². The molecule has 1 aromatic heterocycles. The molecule has 0 saturated heterocycles. The Morgan fingerprint density at radius 1 is 1.36 bits per heavy atom. The summed E-state index contributed by atoms with van der Waals surface area (Å²) < 4.78 is 0.970. The van der Waals surface area contributed by atoms with Crippen LogP contribution in [0.1, 0.15) is 40.4 Å². The Morgan fingerprint density at radius 2 is 2.04 bits per heavy atom. The Balaban J connectivity index is 0.00000156. The van der Waals surface area contributed by atoms with Crippen LogP contribution >= 0.6 is 40.7 Å². The van der Waals surface area contributed by atoms with Crippen molar-refractivity contribution in [2.75, 3.05) is 27.2 Å². The number of benzene rings is 1. The molecule has 0 unspecified atom stereocenters. The molecule has 0 spiro atoms. The molecule has 1 aromatic carbocycles. The summed E-state index contributed by atoms with van der Waals surface area (Å²) in [7, 11) is 3.76. The van der Waals surface area contributed by atoms with Gasteiger partial charge in [-0.1, -0.05) is 15.9 Å². The van der Waals surface area contributed by atoms with Gasteiger partial charge in [-0.2, -0.15) is 0 Å². The third-order valence-electron chi connectivity index (χ3n) is 4.45. The van der Waals surface area contributed by atoms with Gasteiger partial charge in [0.1, 0.15) is 0 Å². The number of fused-ring (bicyclic) bond motifs is 1. The normalized spacial score (nSPS) is 13.1. The number of nitrogens with one attached hydrogen (secondary N) is 1. The maximum Gasteiger partial charge on any atom is 0.254 e. The summed E-state index contributed by atoms with van der Waals surface area (Å²) >= 11 is 3.52. The van der Waals surface area contributed by atoms with Crippen LogP contribution in [-0.4, -0.2) is 43.0 Å². The van der Waals surface area contributed by atoms with E-state index in [-0.39, 0.29) is 30.7 Å². The number of amides is 1. The average molecular weight is 449 g/mol. The quantitative estimate of drug-likeness (QED) is 0.740. The van der Waals surface area contributed by atoms with Gasteiger partial charge in [0.15, 0.2) is 0 Å². The van der Waals surface area contributed by atoms with Crippen molar-refractivity contribution in [1.82, 2.24) is 15.2 Å². The highest BCUT2D eigenvalue weighted by molar-refractivity contribution is 9.10. The second-order valence-electron chi connectivity index (χ2n) is 6.26. The molecular formula is C18H24BrCl2N3O. The third kappa shape index (κ3) is 4.64. The second kappa shape index (κ2) is 9.17. The lowest BCUT2D eigenvalue weighted by Gasteiger charge is -2.21. The standard InChI is InChI=1S/C18H22BrN3O.2ClH/c1-11-16(18(23)22(3)9-8-20-2)14-10-13(19)6-7-15(14)21-17(11)12-4-5-12;;/h6-7,10,12,20H,4-5,8-9H2,1-3H3;2*1H. The van der Waals surface area contributed by atoms with E-state index in [0.717, 1.165) is 38.7 Å². The Bertz CT molecular complexity index is 766. The second-order valence-corrected chi connectivity index (χ2v) is 7.18. The summed E-state index contributed by atoms with van der Waals surface area (Å²) in [4.78, 5) is 19.7. The van der Waals surface area contributed by atoms with Gasteiger partial charge in [-0.3, -0.25) is 9.78 Å². The molecule has 1 heterocycles. The lowest BCUT2D eigenvalue weighted by atomic mass is 9.98. The molecule has 0 bridgehead atoms. The molecule has 1 fully saturated rings. The zero-order valence-corrected chi connectivity index (χ0v) is 17.9. The molecule has 138 valence electrons. The minimum absolute atomic E-state index is 0. The van der Waals surface area contributed by atoms with Crippen molar-refractivity contribution >= 4 is 57.6 Å². The zero-order valence-electron chi connectivity index (χ0n) is 14.6. The average Bonchev–Trinajstić information content (AvgIpc) is 3.36. The van der Waals surface area contributed by atoms with Crippen LogP contribution in [0.2, 0.25) is 0 Å². The fourth-order valence-corrected chi connectivity index (χ4v) is 3.31. The number of likely N-dealkylation sites (N-methyl/N-ethyl adjacent to an activating group) is 2. The highest BCUT2D eigenvalue weighted by Crippen LogP contribution is 2.42. The van der Waals surface area contributed by atoms with Crippen LogP contribution in [0.25, 0.3) is 10.9 Å². The molecule has 1 N–H and O–H groups in total. The number of hydrogen-bond donors (Lipinski definition) is 1. The van der Waals surface area contributed by atoms with Crippen molar-refractivity contribution in [1.29, 1.82) is 0 Å². The van der Waals surface area contributed by atoms with Gasteiger partial charge in [0.05, 0.1) is 11.1 Å². The molecular weight excluding hydrogens is 425 g/mol. The topological polar surface area (TPSA) is 45.2 Å². The van der Waals surface area contributed by atoms with Crippen molar-refractivity contribution in [3.05, 3.63) is 39.5 Å². The van der Waals surface area contributed by atoms with E-state index in [4.69, 9.17) is 4.98 Å². The first-order chi connectivity index (χ1) is 11.0. The van der Waals surface area contributed by atoms with Gasteiger partial charge >= 0.3 is 0 Å². The number of rotatable bonds is 5. The van der Waals surface area contributed by atoms with Gasteiger partial charge < -0.3 is 10.2 Å². The number of aromatic nitrogens is 1. The molecule has 0 radical (unpaired) electrons. The molecule has 1 aliphatic carbocycles.